The van der Waals surface area contributed by atoms with Crippen LogP contribution < -0.4 is 4.74 Å². The molecule has 0 fully saturated rings. The van der Waals surface area contributed by atoms with E-state index in [-0.39, 0.29) is 0 Å². The van der Waals surface area contributed by atoms with Gasteiger partial charge in [-0.05, 0) is 37.0 Å². The Morgan fingerprint density at radius 1 is 1.33 bits per heavy atom. The van der Waals surface area contributed by atoms with Crippen LogP contribution in [0.2, 0.25) is 0 Å². The van der Waals surface area contributed by atoms with Crippen LogP contribution in [0.25, 0.3) is 0 Å². The molecule has 0 saturated heterocycles. The zero-order valence-electron chi connectivity index (χ0n) is 11.7. The van der Waals surface area contributed by atoms with Crippen LogP contribution in [-0.4, -0.2) is 6.61 Å². The molecule has 1 unspecified atom stereocenters. The first-order valence-corrected chi connectivity index (χ1v) is 6.84. The van der Waals surface area contributed by atoms with Gasteiger partial charge in [-0.2, -0.15) is 5.26 Å². The van der Waals surface area contributed by atoms with Crippen LogP contribution in [0.3, 0.4) is 0 Å². The van der Waals surface area contributed by atoms with Crippen LogP contribution in [0.5, 0.6) is 5.75 Å². The maximum atomic E-state index is 9.04. The fourth-order valence-electron chi connectivity index (χ4n) is 1.95. The van der Waals surface area contributed by atoms with E-state index in [0.29, 0.717) is 18.1 Å². The quantitative estimate of drug-likeness (QED) is 0.710. The summed E-state index contributed by atoms with van der Waals surface area (Å²) in [4.78, 5) is 0. The van der Waals surface area contributed by atoms with Gasteiger partial charge in [0.15, 0.2) is 0 Å². The van der Waals surface area contributed by atoms with Crippen molar-refractivity contribution in [3.05, 3.63) is 29.3 Å². The van der Waals surface area contributed by atoms with Crippen molar-refractivity contribution in [3.8, 4) is 11.8 Å². The summed E-state index contributed by atoms with van der Waals surface area (Å²) in [5.41, 5.74) is 1.76. The van der Waals surface area contributed by atoms with Gasteiger partial charge in [-0.15, -0.1) is 0 Å². The zero-order chi connectivity index (χ0) is 13.4. The molecule has 0 saturated carbocycles. The summed E-state index contributed by atoms with van der Waals surface area (Å²) < 4.78 is 5.84. The van der Waals surface area contributed by atoms with E-state index in [1.54, 1.807) is 0 Å². The van der Waals surface area contributed by atoms with Crippen molar-refractivity contribution in [3.63, 3.8) is 0 Å². The number of nitriles is 1. The number of unbranched alkanes of at least 4 members (excludes halogenated alkanes) is 1. The lowest BCUT2D eigenvalue weighted by Crippen LogP contribution is -2.12. The molecule has 1 atom stereocenters. The van der Waals surface area contributed by atoms with Gasteiger partial charge in [0, 0.05) is 0 Å². The minimum absolute atomic E-state index is 0.594. The average Bonchev–Trinajstić information content (AvgIpc) is 2.39. The summed E-state index contributed by atoms with van der Waals surface area (Å²) in [6.07, 6.45) is 4.82. The van der Waals surface area contributed by atoms with Crippen molar-refractivity contribution >= 4 is 0 Å². The number of hydrogen-bond acceptors (Lipinski definition) is 2. The molecular weight excluding hydrogens is 222 g/mol. The number of nitrogens with zero attached hydrogens (tertiary/aromatic N) is 1. The smallest absolute Gasteiger partial charge is 0.137 e. The van der Waals surface area contributed by atoms with Crippen molar-refractivity contribution in [2.75, 3.05) is 6.61 Å². The molecule has 0 bridgehead atoms. The maximum Gasteiger partial charge on any atom is 0.137 e. The van der Waals surface area contributed by atoms with Crippen LogP contribution in [0.15, 0.2) is 18.2 Å². The monoisotopic (exact) mass is 245 g/mol. The van der Waals surface area contributed by atoms with E-state index in [4.69, 9.17) is 10.00 Å². The van der Waals surface area contributed by atoms with Gasteiger partial charge >= 0.3 is 0 Å². The largest absolute Gasteiger partial charge is 0.492 e. The zero-order valence-corrected chi connectivity index (χ0v) is 11.7. The topological polar surface area (TPSA) is 33.0 Å². The van der Waals surface area contributed by atoms with Gasteiger partial charge in [0.25, 0.3) is 0 Å². The molecule has 98 valence electrons. The molecule has 0 aromatic heterocycles. The number of rotatable bonds is 7. The second-order valence-electron chi connectivity index (χ2n) is 4.84. The summed E-state index contributed by atoms with van der Waals surface area (Å²) in [5.74, 6) is 1.32. The first-order chi connectivity index (χ1) is 8.71. The van der Waals surface area contributed by atoms with E-state index in [1.165, 1.54) is 19.3 Å². The van der Waals surface area contributed by atoms with Crippen LogP contribution >= 0.6 is 0 Å². The van der Waals surface area contributed by atoms with E-state index in [1.807, 2.05) is 25.1 Å². The third kappa shape index (κ3) is 4.41. The highest BCUT2D eigenvalue weighted by molar-refractivity contribution is 5.44. The van der Waals surface area contributed by atoms with Crippen LogP contribution in [0, 0.1) is 24.2 Å². The lowest BCUT2D eigenvalue weighted by atomic mass is 10.0. The number of hydrogen-bond donors (Lipinski definition) is 0. The molecule has 1 rings (SSSR count). The molecule has 2 nitrogen and oxygen atoms in total. The van der Waals surface area contributed by atoms with Gasteiger partial charge in [-0.25, -0.2) is 0 Å². The van der Waals surface area contributed by atoms with Crippen molar-refractivity contribution in [2.45, 2.75) is 46.5 Å². The molecule has 0 spiro atoms. The fraction of sp³-hybridized carbons (Fsp3) is 0.562. The molecule has 18 heavy (non-hydrogen) atoms. The number of benzene rings is 1. The minimum atomic E-state index is 0.594. The predicted molar refractivity (Wildman–Crippen MR) is 74.7 cm³/mol. The third-order valence-corrected chi connectivity index (χ3v) is 3.28. The Hall–Kier alpha value is -1.49. The van der Waals surface area contributed by atoms with E-state index >= 15 is 0 Å². The van der Waals surface area contributed by atoms with E-state index in [0.717, 1.165) is 17.7 Å². The fourth-order valence-corrected chi connectivity index (χ4v) is 1.95. The van der Waals surface area contributed by atoms with Crippen molar-refractivity contribution < 1.29 is 4.74 Å². The van der Waals surface area contributed by atoms with Crippen LogP contribution in [0.1, 0.15) is 50.7 Å². The first kappa shape index (κ1) is 14.6. The summed E-state index contributed by atoms with van der Waals surface area (Å²) in [6, 6.07) is 7.91. The van der Waals surface area contributed by atoms with Crippen molar-refractivity contribution in [1.82, 2.24) is 0 Å². The average molecular weight is 245 g/mol. The van der Waals surface area contributed by atoms with E-state index in [2.05, 4.69) is 19.9 Å². The van der Waals surface area contributed by atoms with Gasteiger partial charge < -0.3 is 4.74 Å². The van der Waals surface area contributed by atoms with Gasteiger partial charge in [-0.3, -0.25) is 0 Å². The SMILES string of the molecule is CCCCC(CC)COc1cc(C)ccc1C#N. The highest BCUT2D eigenvalue weighted by atomic mass is 16.5. The first-order valence-electron chi connectivity index (χ1n) is 6.84. The number of aryl methyl sites for hydroxylation is 1. The van der Waals surface area contributed by atoms with Gasteiger partial charge in [0.05, 0.1) is 12.2 Å². The molecule has 2 heteroatoms. The van der Waals surface area contributed by atoms with Crippen LogP contribution in [-0.2, 0) is 0 Å². The van der Waals surface area contributed by atoms with Gasteiger partial charge in [-0.1, -0.05) is 39.2 Å². The second-order valence-corrected chi connectivity index (χ2v) is 4.84. The predicted octanol–water partition coefficient (Wildman–Crippen LogP) is 4.46. The highest BCUT2D eigenvalue weighted by Crippen LogP contribution is 2.21. The Kier molecular flexibility index (Phi) is 6.28. The normalized spacial score (nSPS) is 11.9. The lowest BCUT2D eigenvalue weighted by Gasteiger charge is -2.16. The van der Waals surface area contributed by atoms with Crippen LogP contribution in [0.4, 0.5) is 0 Å². The molecule has 0 N–H and O–H groups in total. The summed E-state index contributed by atoms with van der Waals surface area (Å²) in [7, 11) is 0. The molecular formula is C16H23NO. The Labute approximate surface area is 111 Å². The Bertz CT molecular complexity index is 406. The highest BCUT2D eigenvalue weighted by Gasteiger charge is 2.09. The summed E-state index contributed by atoms with van der Waals surface area (Å²) in [6.45, 7) is 7.14. The third-order valence-electron chi connectivity index (χ3n) is 3.28. The van der Waals surface area contributed by atoms with Gasteiger partial charge in [0.1, 0.15) is 11.8 Å². The molecule has 0 amide bonds. The Morgan fingerprint density at radius 3 is 2.72 bits per heavy atom. The molecule has 0 radical (unpaired) electrons. The Morgan fingerprint density at radius 2 is 2.11 bits per heavy atom. The maximum absolute atomic E-state index is 9.04. The summed E-state index contributed by atoms with van der Waals surface area (Å²) in [5, 5.41) is 9.04. The standard InChI is InChI=1S/C16H23NO/c1-4-6-7-14(5-2)12-18-16-10-13(3)8-9-15(16)11-17/h8-10,14H,4-7,12H2,1-3H3. The molecule has 0 aliphatic rings. The van der Waals surface area contributed by atoms with E-state index < -0.39 is 0 Å². The van der Waals surface area contributed by atoms with Crippen molar-refractivity contribution in [1.29, 1.82) is 5.26 Å². The Balaban J connectivity index is 2.61. The molecule has 0 aliphatic heterocycles. The minimum Gasteiger partial charge on any atom is -0.492 e. The molecule has 1 aromatic rings. The van der Waals surface area contributed by atoms with Crippen molar-refractivity contribution in [2.24, 2.45) is 5.92 Å². The molecule has 0 heterocycles. The second kappa shape index (κ2) is 7.76. The number of ether oxygens (including phenoxy) is 1. The molecule has 0 aliphatic carbocycles. The van der Waals surface area contributed by atoms with Gasteiger partial charge in [0.2, 0.25) is 0 Å². The van der Waals surface area contributed by atoms with E-state index in [9.17, 15) is 0 Å². The lowest BCUT2D eigenvalue weighted by molar-refractivity contribution is 0.232. The summed E-state index contributed by atoms with van der Waals surface area (Å²) >= 11 is 0. The molecule has 1 aromatic carbocycles.